The molecule has 0 unspecified atom stereocenters. The molecule has 0 bridgehead atoms. The van der Waals surface area contributed by atoms with Crippen LogP contribution in [0.15, 0.2) is 229 Å². The summed E-state index contributed by atoms with van der Waals surface area (Å²) in [7, 11) is 0. The van der Waals surface area contributed by atoms with E-state index >= 15 is 0 Å². The van der Waals surface area contributed by atoms with Gasteiger partial charge in [0.25, 0.3) is 0 Å². The topological polar surface area (TPSA) is 61.7 Å². The smallest absolute Gasteiger partial charge is 0.167 e. The van der Waals surface area contributed by atoms with Crippen LogP contribution < -0.4 is 0 Å². The van der Waals surface area contributed by atoms with Crippen LogP contribution in [-0.4, -0.2) is 24.1 Å². The fourth-order valence-corrected chi connectivity index (χ4v) is 12.1. The fourth-order valence-electron chi connectivity index (χ4n) is 10.8. The van der Waals surface area contributed by atoms with Gasteiger partial charge in [-0.15, -0.1) is 11.3 Å². The molecular formula is C63H37N5OS. The van der Waals surface area contributed by atoms with E-state index in [-0.39, 0.29) is 0 Å². The Labute approximate surface area is 404 Å². The van der Waals surface area contributed by atoms with Gasteiger partial charge in [0.05, 0.1) is 33.3 Å². The third-order valence-corrected chi connectivity index (χ3v) is 15.2. The molecule has 15 rings (SSSR count). The van der Waals surface area contributed by atoms with E-state index in [1.165, 1.54) is 58.5 Å². The van der Waals surface area contributed by atoms with Gasteiger partial charge < -0.3 is 13.6 Å². The number of thiophene rings is 1. The number of aromatic nitrogens is 5. The maximum atomic E-state index is 7.12. The van der Waals surface area contributed by atoms with Crippen molar-refractivity contribution in [3.05, 3.63) is 224 Å². The molecular weight excluding hydrogens is 875 g/mol. The van der Waals surface area contributed by atoms with Crippen molar-refractivity contribution in [1.29, 1.82) is 0 Å². The maximum absolute atomic E-state index is 7.12. The Kier molecular flexibility index (Phi) is 8.43. The second-order valence-corrected chi connectivity index (χ2v) is 18.9. The molecule has 0 amide bonds. The minimum atomic E-state index is 0.554. The number of nitrogens with zero attached hydrogens (tertiary/aromatic N) is 5. The molecule has 0 fully saturated rings. The Morgan fingerprint density at radius 1 is 0.329 bits per heavy atom. The number of benzene rings is 10. The summed E-state index contributed by atoms with van der Waals surface area (Å²) < 4.78 is 14.5. The molecule has 326 valence electrons. The standard InChI is InChI=1S/C63H37N5OS/c1-3-16-38(17-4-1)61-64-62(39-18-5-2-6-19-39)66-63(65-61)49-27-14-24-46-47-25-15-30-56(59(47)69-58(46)49)68-53-29-11-8-21-44(53)51-37-41(33-35-55(51)68)67-52-28-10-7-20-43(52)50-36-40(32-34-54(50)67)42-23-13-26-48-45-22-9-12-31-57(45)70-60(42)48/h1-37H. The second-order valence-electron chi connectivity index (χ2n) is 17.9. The summed E-state index contributed by atoms with van der Waals surface area (Å²) in [5.41, 5.74) is 13.3. The van der Waals surface area contributed by atoms with E-state index in [1.54, 1.807) is 0 Å². The van der Waals surface area contributed by atoms with Gasteiger partial charge in [-0.05, 0) is 71.8 Å². The van der Waals surface area contributed by atoms with Crippen LogP contribution in [0.25, 0.3) is 142 Å². The van der Waals surface area contributed by atoms with Gasteiger partial charge >= 0.3 is 0 Å². The van der Waals surface area contributed by atoms with E-state index in [1.807, 2.05) is 78.1 Å². The Balaban J connectivity index is 0.897. The highest BCUT2D eigenvalue weighted by atomic mass is 32.1. The average molecular weight is 912 g/mol. The summed E-state index contributed by atoms with van der Waals surface area (Å²) in [6.07, 6.45) is 0. The Morgan fingerprint density at radius 2 is 0.857 bits per heavy atom. The van der Waals surface area contributed by atoms with E-state index in [0.717, 1.165) is 66.4 Å². The van der Waals surface area contributed by atoms with Crippen LogP contribution in [0.4, 0.5) is 0 Å². The van der Waals surface area contributed by atoms with Crippen molar-refractivity contribution in [2.75, 3.05) is 0 Å². The van der Waals surface area contributed by atoms with Gasteiger partial charge in [0.2, 0.25) is 0 Å². The Morgan fingerprint density at radius 3 is 1.60 bits per heavy atom. The highest BCUT2D eigenvalue weighted by Gasteiger charge is 2.23. The lowest BCUT2D eigenvalue weighted by molar-refractivity contribution is 0.667. The molecule has 0 aliphatic rings. The van der Waals surface area contributed by atoms with Gasteiger partial charge in [-0.2, -0.15) is 0 Å². The molecule has 10 aromatic carbocycles. The zero-order chi connectivity index (χ0) is 45.9. The summed E-state index contributed by atoms with van der Waals surface area (Å²) in [5.74, 6) is 1.77. The summed E-state index contributed by atoms with van der Waals surface area (Å²) in [5, 5.41) is 9.42. The van der Waals surface area contributed by atoms with Gasteiger partial charge in [-0.3, -0.25) is 0 Å². The molecule has 0 spiro atoms. The van der Waals surface area contributed by atoms with Gasteiger partial charge in [-0.25, -0.2) is 15.0 Å². The second kappa shape index (κ2) is 15.2. The van der Waals surface area contributed by atoms with Gasteiger partial charge in [0.1, 0.15) is 5.58 Å². The third-order valence-electron chi connectivity index (χ3n) is 14.0. The molecule has 5 aromatic heterocycles. The lowest BCUT2D eigenvalue weighted by Gasteiger charge is -2.11. The van der Waals surface area contributed by atoms with Crippen LogP contribution in [0, 0.1) is 0 Å². The van der Waals surface area contributed by atoms with Crippen molar-refractivity contribution in [2.24, 2.45) is 0 Å². The van der Waals surface area contributed by atoms with Crippen LogP contribution in [0.2, 0.25) is 0 Å². The maximum Gasteiger partial charge on any atom is 0.167 e. The highest BCUT2D eigenvalue weighted by molar-refractivity contribution is 7.26. The zero-order valence-corrected chi connectivity index (χ0v) is 38.2. The number of hydrogen-bond acceptors (Lipinski definition) is 5. The lowest BCUT2D eigenvalue weighted by atomic mass is 10.0. The summed E-state index contributed by atoms with van der Waals surface area (Å²) in [6, 6.07) is 79.7. The van der Waals surface area contributed by atoms with Crippen LogP contribution in [-0.2, 0) is 0 Å². The number of rotatable bonds is 6. The molecule has 0 radical (unpaired) electrons. The van der Waals surface area contributed by atoms with Gasteiger partial charge in [0, 0.05) is 69.3 Å². The third kappa shape index (κ3) is 5.82. The summed E-state index contributed by atoms with van der Waals surface area (Å²) in [6.45, 7) is 0. The SMILES string of the molecule is c1ccc(-c2nc(-c3ccccc3)nc(-c3cccc4c3oc3c(-n5c6ccccc6c6cc(-n7c8ccccc8c8cc(-c9cccc%10c9sc9ccccc9%10)ccc87)ccc65)cccc34)n2)cc1. The molecule has 0 N–H and O–H groups in total. The van der Waals surface area contributed by atoms with Crippen LogP contribution in [0.1, 0.15) is 0 Å². The number of furan rings is 1. The number of hydrogen-bond donors (Lipinski definition) is 0. The first-order valence-corrected chi connectivity index (χ1v) is 24.3. The van der Waals surface area contributed by atoms with Crippen LogP contribution >= 0.6 is 11.3 Å². The molecule has 7 heteroatoms. The number of fused-ring (bicyclic) bond motifs is 12. The van der Waals surface area contributed by atoms with Crippen LogP contribution in [0.3, 0.4) is 0 Å². The molecule has 6 nitrogen and oxygen atoms in total. The molecule has 0 aliphatic carbocycles. The van der Waals surface area contributed by atoms with Crippen molar-refractivity contribution >= 4 is 97.1 Å². The first-order chi connectivity index (χ1) is 34.7. The van der Waals surface area contributed by atoms with E-state index in [0.29, 0.717) is 17.5 Å². The van der Waals surface area contributed by atoms with Crippen LogP contribution in [0.5, 0.6) is 0 Å². The van der Waals surface area contributed by atoms with E-state index in [9.17, 15) is 0 Å². The Bertz CT molecular complexity index is 4540. The molecule has 15 aromatic rings. The molecule has 70 heavy (non-hydrogen) atoms. The van der Waals surface area contributed by atoms with E-state index in [2.05, 4.69) is 167 Å². The fraction of sp³-hybridized carbons (Fsp3) is 0. The zero-order valence-electron chi connectivity index (χ0n) is 37.4. The molecule has 0 saturated carbocycles. The predicted molar refractivity (Wildman–Crippen MR) is 290 cm³/mol. The summed E-state index contributed by atoms with van der Waals surface area (Å²) in [4.78, 5) is 15.1. The highest BCUT2D eigenvalue weighted by Crippen LogP contribution is 2.44. The first-order valence-electron chi connectivity index (χ1n) is 23.5. The summed E-state index contributed by atoms with van der Waals surface area (Å²) >= 11 is 1.88. The Hall–Kier alpha value is -9.17. The van der Waals surface area contributed by atoms with Gasteiger partial charge in [0.15, 0.2) is 23.1 Å². The predicted octanol–water partition coefficient (Wildman–Crippen LogP) is 17.0. The monoisotopic (exact) mass is 911 g/mol. The van der Waals surface area contributed by atoms with E-state index < -0.39 is 0 Å². The minimum Gasteiger partial charge on any atom is -0.453 e. The average Bonchev–Trinajstić information content (AvgIpc) is 4.19. The molecule has 0 saturated heterocycles. The minimum absolute atomic E-state index is 0.554. The molecule has 0 atom stereocenters. The van der Waals surface area contributed by atoms with Crippen molar-refractivity contribution in [1.82, 2.24) is 24.1 Å². The molecule has 5 heterocycles. The largest absolute Gasteiger partial charge is 0.453 e. The van der Waals surface area contributed by atoms with Crippen molar-refractivity contribution in [3.8, 4) is 56.7 Å². The quantitative estimate of drug-likeness (QED) is 0.167. The molecule has 0 aliphatic heterocycles. The first kappa shape index (κ1) is 38.9. The normalized spacial score (nSPS) is 12.0. The van der Waals surface area contributed by atoms with Crippen molar-refractivity contribution in [2.45, 2.75) is 0 Å². The van der Waals surface area contributed by atoms with Crippen molar-refractivity contribution in [3.63, 3.8) is 0 Å². The van der Waals surface area contributed by atoms with Crippen molar-refractivity contribution < 1.29 is 4.42 Å². The van der Waals surface area contributed by atoms with Gasteiger partial charge in [-0.1, -0.05) is 164 Å². The lowest BCUT2D eigenvalue weighted by Crippen LogP contribution is -2.00. The number of para-hydroxylation sites is 4. The van der Waals surface area contributed by atoms with E-state index in [4.69, 9.17) is 19.4 Å².